The van der Waals surface area contributed by atoms with Gasteiger partial charge in [0.2, 0.25) is 0 Å². The average molecular weight is 247 g/mol. The monoisotopic (exact) mass is 247 g/mol. The molecule has 1 aliphatic carbocycles. The molecule has 0 aromatic carbocycles. The Bertz CT molecular complexity index is 438. The van der Waals surface area contributed by atoms with E-state index < -0.39 is 0 Å². The zero-order valence-corrected chi connectivity index (χ0v) is 11.3. The molecule has 1 aromatic heterocycles. The molecule has 0 radical (unpaired) electrons. The summed E-state index contributed by atoms with van der Waals surface area (Å²) in [5, 5.41) is 6.05. The molecule has 0 unspecified atom stereocenters. The highest BCUT2D eigenvalue weighted by Gasteiger charge is 2.45. The van der Waals surface area contributed by atoms with E-state index in [4.69, 9.17) is 0 Å². The van der Waals surface area contributed by atoms with Gasteiger partial charge in [0, 0.05) is 31.7 Å². The molecular formula is C14H21N3O. The molecular weight excluding hydrogens is 226 g/mol. The number of hydrogen-bond donors (Lipinski definition) is 2. The van der Waals surface area contributed by atoms with Crippen LogP contribution in [0.2, 0.25) is 0 Å². The van der Waals surface area contributed by atoms with E-state index in [0.717, 1.165) is 12.2 Å². The predicted molar refractivity (Wildman–Crippen MR) is 72.6 cm³/mol. The first-order valence-corrected chi connectivity index (χ1v) is 6.49. The molecule has 0 bridgehead atoms. The first-order chi connectivity index (χ1) is 8.59. The number of carbonyl (C=O) groups excluding carboxylic acids is 1. The molecule has 2 rings (SSSR count). The van der Waals surface area contributed by atoms with Gasteiger partial charge in [-0.15, -0.1) is 0 Å². The summed E-state index contributed by atoms with van der Waals surface area (Å²) in [5.41, 5.74) is 1.76. The summed E-state index contributed by atoms with van der Waals surface area (Å²) in [6.07, 6.45) is 5.73. The standard InChI is InChI=1S/C14H21N3O/c1-10(2)14(5-6-14)9-17-13(18)11-8-16-7-4-12(11)15-3/h4,7-8,10H,5-6,9H2,1-3H3,(H,15,16)(H,17,18). The lowest BCUT2D eigenvalue weighted by Crippen LogP contribution is -2.33. The molecule has 98 valence electrons. The Balaban J connectivity index is 2.00. The minimum absolute atomic E-state index is 0.0422. The number of carbonyl (C=O) groups is 1. The zero-order valence-electron chi connectivity index (χ0n) is 11.3. The van der Waals surface area contributed by atoms with Gasteiger partial charge in [0.1, 0.15) is 0 Å². The van der Waals surface area contributed by atoms with Crippen LogP contribution in [-0.4, -0.2) is 24.5 Å². The van der Waals surface area contributed by atoms with Crippen molar-refractivity contribution < 1.29 is 4.79 Å². The highest BCUT2D eigenvalue weighted by molar-refractivity contribution is 5.99. The van der Waals surface area contributed by atoms with E-state index in [1.165, 1.54) is 12.8 Å². The summed E-state index contributed by atoms with van der Waals surface area (Å²) in [7, 11) is 1.81. The van der Waals surface area contributed by atoms with Gasteiger partial charge in [-0.3, -0.25) is 9.78 Å². The molecule has 1 saturated carbocycles. The number of hydrogen-bond acceptors (Lipinski definition) is 3. The van der Waals surface area contributed by atoms with Gasteiger partial charge in [-0.05, 0) is 30.2 Å². The van der Waals surface area contributed by atoms with E-state index in [0.29, 0.717) is 16.9 Å². The fourth-order valence-electron chi connectivity index (χ4n) is 2.26. The number of nitrogens with zero attached hydrogens (tertiary/aromatic N) is 1. The van der Waals surface area contributed by atoms with Crippen molar-refractivity contribution in [2.45, 2.75) is 26.7 Å². The van der Waals surface area contributed by atoms with Gasteiger partial charge in [-0.25, -0.2) is 0 Å². The van der Waals surface area contributed by atoms with Gasteiger partial charge < -0.3 is 10.6 Å². The van der Waals surface area contributed by atoms with Crippen LogP contribution in [0.25, 0.3) is 0 Å². The SMILES string of the molecule is CNc1ccncc1C(=O)NCC1(C(C)C)CC1. The maximum Gasteiger partial charge on any atom is 0.254 e. The molecule has 1 heterocycles. The third-order valence-electron chi connectivity index (χ3n) is 4.05. The molecule has 0 atom stereocenters. The molecule has 18 heavy (non-hydrogen) atoms. The maximum atomic E-state index is 12.1. The van der Waals surface area contributed by atoms with Crippen LogP contribution in [0.5, 0.6) is 0 Å². The van der Waals surface area contributed by atoms with E-state index in [1.54, 1.807) is 12.4 Å². The van der Waals surface area contributed by atoms with Crippen LogP contribution in [0.3, 0.4) is 0 Å². The third-order valence-corrected chi connectivity index (χ3v) is 4.05. The van der Waals surface area contributed by atoms with Crippen molar-refractivity contribution in [2.75, 3.05) is 18.9 Å². The van der Waals surface area contributed by atoms with Gasteiger partial charge in [0.05, 0.1) is 5.56 Å². The van der Waals surface area contributed by atoms with E-state index in [-0.39, 0.29) is 5.91 Å². The smallest absolute Gasteiger partial charge is 0.254 e. The number of rotatable bonds is 5. The number of aromatic nitrogens is 1. The summed E-state index contributed by atoms with van der Waals surface area (Å²) in [5.74, 6) is 0.579. The van der Waals surface area contributed by atoms with E-state index in [2.05, 4.69) is 29.5 Å². The second kappa shape index (κ2) is 4.96. The Labute approximate surface area is 108 Å². The second-order valence-corrected chi connectivity index (χ2v) is 5.37. The number of nitrogens with one attached hydrogen (secondary N) is 2. The molecule has 2 N–H and O–H groups in total. The second-order valence-electron chi connectivity index (χ2n) is 5.37. The summed E-state index contributed by atoms with van der Waals surface area (Å²) >= 11 is 0. The minimum Gasteiger partial charge on any atom is -0.387 e. The lowest BCUT2D eigenvalue weighted by molar-refractivity contribution is 0.0940. The summed E-state index contributed by atoms with van der Waals surface area (Å²) in [4.78, 5) is 16.1. The minimum atomic E-state index is -0.0422. The van der Waals surface area contributed by atoms with Crippen LogP contribution in [-0.2, 0) is 0 Å². The van der Waals surface area contributed by atoms with Crippen LogP contribution >= 0.6 is 0 Å². The Morgan fingerprint density at radius 1 is 1.50 bits per heavy atom. The van der Waals surface area contributed by atoms with Crippen LogP contribution in [0.15, 0.2) is 18.5 Å². The molecule has 1 fully saturated rings. The maximum absolute atomic E-state index is 12.1. The first kappa shape index (κ1) is 12.9. The Morgan fingerprint density at radius 2 is 2.22 bits per heavy atom. The lowest BCUT2D eigenvalue weighted by Gasteiger charge is -2.20. The predicted octanol–water partition coefficient (Wildman–Crippen LogP) is 2.29. The molecule has 0 spiro atoms. The van der Waals surface area contributed by atoms with Crippen molar-refractivity contribution in [3.63, 3.8) is 0 Å². The Morgan fingerprint density at radius 3 is 2.78 bits per heavy atom. The van der Waals surface area contributed by atoms with E-state index in [1.807, 2.05) is 13.1 Å². The Kier molecular flexibility index (Phi) is 3.55. The normalized spacial score (nSPS) is 16.4. The molecule has 1 aromatic rings. The van der Waals surface area contributed by atoms with Crippen molar-refractivity contribution in [3.05, 3.63) is 24.0 Å². The van der Waals surface area contributed by atoms with Crippen LogP contribution in [0.4, 0.5) is 5.69 Å². The van der Waals surface area contributed by atoms with Crippen LogP contribution < -0.4 is 10.6 Å². The van der Waals surface area contributed by atoms with E-state index >= 15 is 0 Å². The largest absolute Gasteiger partial charge is 0.387 e. The van der Waals surface area contributed by atoms with E-state index in [9.17, 15) is 4.79 Å². The van der Waals surface area contributed by atoms with Crippen molar-refractivity contribution in [1.29, 1.82) is 0 Å². The average Bonchev–Trinajstić information content (AvgIpc) is 3.17. The zero-order chi connectivity index (χ0) is 13.2. The number of anilines is 1. The van der Waals surface area contributed by atoms with Crippen molar-refractivity contribution in [3.8, 4) is 0 Å². The molecule has 4 heteroatoms. The number of pyridine rings is 1. The van der Waals surface area contributed by atoms with Crippen LogP contribution in [0, 0.1) is 11.3 Å². The van der Waals surface area contributed by atoms with Gasteiger partial charge in [0.25, 0.3) is 5.91 Å². The summed E-state index contributed by atoms with van der Waals surface area (Å²) < 4.78 is 0. The lowest BCUT2D eigenvalue weighted by atomic mass is 9.92. The van der Waals surface area contributed by atoms with Crippen molar-refractivity contribution in [2.24, 2.45) is 11.3 Å². The molecule has 4 nitrogen and oxygen atoms in total. The van der Waals surface area contributed by atoms with Gasteiger partial charge in [0.15, 0.2) is 0 Å². The third kappa shape index (κ3) is 2.47. The fourth-order valence-corrected chi connectivity index (χ4v) is 2.26. The summed E-state index contributed by atoms with van der Waals surface area (Å²) in [6, 6.07) is 1.81. The molecule has 1 amide bonds. The number of amides is 1. The molecule has 1 aliphatic rings. The molecule has 0 saturated heterocycles. The van der Waals surface area contributed by atoms with Crippen molar-refractivity contribution in [1.82, 2.24) is 10.3 Å². The molecule has 0 aliphatic heterocycles. The first-order valence-electron chi connectivity index (χ1n) is 6.49. The Hall–Kier alpha value is -1.58. The van der Waals surface area contributed by atoms with Gasteiger partial charge in [-0.2, -0.15) is 0 Å². The highest BCUT2D eigenvalue weighted by atomic mass is 16.1. The fraction of sp³-hybridized carbons (Fsp3) is 0.571. The van der Waals surface area contributed by atoms with Gasteiger partial charge >= 0.3 is 0 Å². The topological polar surface area (TPSA) is 54.0 Å². The van der Waals surface area contributed by atoms with Gasteiger partial charge in [-0.1, -0.05) is 13.8 Å². The van der Waals surface area contributed by atoms with Crippen LogP contribution in [0.1, 0.15) is 37.0 Å². The summed E-state index contributed by atoms with van der Waals surface area (Å²) in [6.45, 7) is 5.21. The quantitative estimate of drug-likeness (QED) is 0.839. The van der Waals surface area contributed by atoms with Crippen molar-refractivity contribution >= 4 is 11.6 Å². The highest BCUT2D eigenvalue weighted by Crippen LogP contribution is 2.51.